The molecule has 4 nitrogen and oxygen atoms in total. The van der Waals surface area contributed by atoms with Crippen molar-refractivity contribution in [2.45, 2.75) is 20.0 Å². The van der Waals surface area contributed by atoms with Crippen LogP contribution in [0.25, 0.3) is 11.0 Å². The van der Waals surface area contributed by atoms with Crippen LogP contribution in [0, 0.1) is 5.92 Å². The topological polar surface area (TPSA) is 33.7 Å². The first-order valence-electron chi connectivity index (χ1n) is 5.79. The maximum atomic E-state index is 4.50. The molecule has 2 unspecified atom stereocenters. The number of rotatable bonds is 3. The lowest BCUT2D eigenvalue weighted by atomic mass is 10.2. The number of benzene rings is 1. The Hall–Kier alpha value is -1.42. The zero-order chi connectivity index (χ0) is 11.1. The SMILES string of the molecule is CC(C)CN1CC1n1nc2ccccc2n1. The first-order chi connectivity index (χ1) is 7.74. The molecule has 1 aromatic heterocycles. The van der Waals surface area contributed by atoms with Crippen molar-refractivity contribution in [3.8, 4) is 0 Å². The fourth-order valence-electron chi connectivity index (χ4n) is 2.06. The maximum Gasteiger partial charge on any atom is 0.137 e. The quantitative estimate of drug-likeness (QED) is 0.735. The summed E-state index contributed by atoms with van der Waals surface area (Å²) in [6.07, 6.45) is 0.384. The van der Waals surface area contributed by atoms with Crippen LogP contribution in [-0.4, -0.2) is 33.0 Å². The third kappa shape index (κ3) is 1.69. The Morgan fingerprint density at radius 3 is 2.44 bits per heavy atom. The number of nitrogens with zero attached hydrogens (tertiary/aromatic N) is 4. The fourth-order valence-corrected chi connectivity index (χ4v) is 2.06. The van der Waals surface area contributed by atoms with Crippen LogP contribution in [0.1, 0.15) is 20.0 Å². The van der Waals surface area contributed by atoms with E-state index in [4.69, 9.17) is 0 Å². The minimum atomic E-state index is 0.384. The van der Waals surface area contributed by atoms with E-state index >= 15 is 0 Å². The number of hydrogen-bond acceptors (Lipinski definition) is 3. The third-order valence-corrected chi connectivity index (χ3v) is 2.85. The molecule has 0 amide bonds. The largest absolute Gasteiger partial charge is 0.275 e. The van der Waals surface area contributed by atoms with Crippen LogP contribution < -0.4 is 0 Å². The Kier molecular flexibility index (Phi) is 2.17. The molecular weight excluding hydrogens is 200 g/mol. The van der Waals surface area contributed by atoms with E-state index in [0.29, 0.717) is 12.1 Å². The van der Waals surface area contributed by atoms with Crippen LogP contribution in [0.5, 0.6) is 0 Å². The fraction of sp³-hybridized carbons (Fsp3) is 0.500. The van der Waals surface area contributed by atoms with Crippen LogP contribution in [-0.2, 0) is 0 Å². The predicted molar refractivity (Wildman–Crippen MR) is 63.0 cm³/mol. The Morgan fingerprint density at radius 1 is 1.25 bits per heavy atom. The van der Waals surface area contributed by atoms with E-state index in [2.05, 4.69) is 28.9 Å². The van der Waals surface area contributed by atoms with Crippen LogP contribution in [0.3, 0.4) is 0 Å². The third-order valence-electron chi connectivity index (χ3n) is 2.85. The van der Waals surface area contributed by atoms with Gasteiger partial charge in [-0.1, -0.05) is 26.0 Å². The molecule has 1 aromatic carbocycles. The van der Waals surface area contributed by atoms with Crippen molar-refractivity contribution in [2.75, 3.05) is 13.1 Å². The molecule has 16 heavy (non-hydrogen) atoms. The van der Waals surface area contributed by atoms with Crippen LogP contribution in [0.4, 0.5) is 0 Å². The van der Waals surface area contributed by atoms with Crippen LogP contribution in [0.15, 0.2) is 24.3 Å². The molecule has 1 aliphatic heterocycles. The summed E-state index contributed by atoms with van der Waals surface area (Å²) in [6.45, 7) is 6.69. The minimum Gasteiger partial charge on any atom is -0.275 e. The molecule has 4 heteroatoms. The Balaban J connectivity index is 1.81. The van der Waals surface area contributed by atoms with Crippen molar-refractivity contribution in [3.63, 3.8) is 0 Å². The lowest BCUT2D eigenvalue weighted by Gasteiger charge is -2.05. The molecule has 2 heterocycles. The van der Waals surface area contributed by atoms with Gasteiger partial charge in [-0.2, -0.15) is 15.0 Å². The number of aromatic nitrogens is 3. The molecule has 0 spiro atoms. The number of hydrogen-bond donors (Lipinski definition) is 0. The smallest absolute Gasteiger partial charge is 0.137 e. The lowest BCUT2D eigenvalue weighted by Crippen LogP contribution is -2.11. The average Bonchev–Trinajstić information content (AvgIpc) is 2.87. The van der Waals surface area contributed by atoms with Gasteiger partial charge >= 0.3 is 0 Å². The summed E-state index contributed by atoms with van der Waals surface area (Å²) in [5.74, 6) is 0.704. The van der Waals surface area contributed by atoms with Gasteiger partial charge in [-0.25, -0.2) is 0 Å². The van der Waals surface area contributed by atoms with E-state index < -0.39 is 0 Å². The highest BCUT2D eigenvalue weighted by molar-refractivity contribution is 5.73. The molecule has 0 saturated carbocycles. The van der Waals surface area contributed by atoms with Crippen molar-refractivity contribution >= 4 is 11.0 Å². The second kappa shape index (κ2) is 3.56. The van der Waals surface area contributed by atoms with Crippen molar-refractivity contribution in [1.82, 2.24) is 19.9 Å². The first-order valence-corrected chi connectivity index (χ1v) is 5.79. The molecule has 1 fully saturated rings. The highest BCUT2D eigenvalue weighted by Gasteiger charge is 2.37. The second-order valence-corrected chi connectivity index (χ2v) is 4.84. The van der Waals surface area contributed by atoms with Gasteiger partial charge in [0.2, 0.25) is 0 Å². The van der Waals surface area contributed by atoms with E-state index in [1.54, 1.807) is 0 Å². The molecule has 0 N–H and O–H groups in total. The van der Waals surface area contributed by atoms with Crippen molar-refractivity contribution < 1.29 is 0 Å². The van der Waals surface area contributed by atoms with Crippen molar-refractivity contribution in [1.29, 1.82) is 0 Å². The van der Waals surface area contributed by atoms with Gasteiger partial charge in [-0.3, -0.25) is 4.90 Å². The summed E-state index contributed by atoms with van der Waals surface area (Å²) < 4.78 is 0. The molecular formula is C12H16N4. The Morgan fingerprint density at radius 2 is 1.88 bits per heavy atom. The normalized spacial score (nSPS) is 24.2. The summed E-state index contributed by atoms with van der Waals surface area (Å²) in [4.78, 5) is 4.25. The summed E-state index contributed by atoms with van der Waals surface area (Å²) in [6, 6.07) is 8.02. The second-order valence-electron chi connectivity index (χ2n) is 4.84. The summed E-state index contributed by atoms with van der Waals surface area (Å²) in [5, 5.41) is 8.99. The van der Waals surface area contributed by atoms with Gasteiger partial charge in [0.25, 0.3) is 0 Å². The summed E-state index contributed by atoms with van der Waals surface area (Å²) in [5.41, 5.74) is 1.97. The highest BCUT2D eigenvalue weighted by atomic mass is 15.6. The summed E-state index contributed by atoms with van der Waals surface area (Å²) >= 11 is 0. The van der Waals surface area contributed by atoms with E-state index in [0.717, 1.165) is 24.1 Å². The van der Waals surface area contributed by atoms with Gasteiger partial charge in [0.15, 0.2) is 0 Å². The monoisotopic (exact) mass is 216 g/mol. The van der Waals surface area contributed by atoms with Gasteiger partial charge in [0, 0.05) is 13.1 Å². The zero-order valence-corrected chi connectivity index (χ0v) is 9.67. The molecule has 2 aromatic rings. The van der Waals surface area contributed by atoms with Gasteiger partial charge in [-0.15, -0.1) is 0 Å². The van der Waals surface area contributed by atoms with E-state index in [1.807, 2.05) is 29.1 Å². The predicted octanol–water partition coefficient (Wildman–Crippen LogP) is 1.90. The minimum absolute atomic E-state index is 0.384. The molecule has 84 valence electrons. The van der Waals surface area contributed by atoms with Crippen LogP contribution >= 0.6 is 0 Å². The van der Waals surface area contributed by atoms with E-state index in [-0.39, 0.29) is 0 Å². The van der Waals surface area contributed by atoms with Gasteiger partial charge in [-0.05, 0) is 18.1 Å². The lowest BCUT2D eigenvalue weighted by molar-refractivity contribution is 0.363. The average molecular weight is 216 g/mol. The van der Waals surface area contributed by atoms with Crippen molar-refractivity contribution in [3.05, 3.63) is 24.3 Å². The van der Waals surface area contributed by atoms with Gasteiger partial charge in [0.1, 0.15) is 17.2 Å². The molecule has 2 atom stereocenters. The molecule has 0 aliphatic carbocycles. The van der Waals surface area contributed by atoms with Gasteiger partial charge < -0.3 is 0 Å². The molecule has 1 aliphatic rings. The standard InChI is InChI=1S/C12H16N4/c1-9(2)7-15-8-12(15)16-13-10-5-3-4-6-11(10)14-16/h3-6,9,12H,7-8H2,1-2H3. The molecule has 0 bridgehead atoms. The highest BCUT2D eigenvalue weighted by Crippen LogP contribution is 2.29. The zero-order valence-electron chi connectivity index (χ0n) is 9.67. The molecule has 0 radical (unpaired) electrons. The van der Waals surface area contributed by atoms with Gasteiger partial charge in [0.05, 0.1) is 0 Å². The number of fused-ring (bicyclic) bond motifs is 1. The first kappa shape index (κ1) is 9.78. The van der Waals surface area contributed by atoms with E-state index in [9.17, 15) is 0 Å². The molecule has 3 rings (SSSR count). The molecule has 1 saturated heterocycles. The van der Waals surface area contributed by atoms with Crippen LogP contribution in [0.2, 0.25) is 0 Å². The van der Waals surface area contributed by atoms with Crippen molar-refractivity contribution in [2.24, 2.45) is 5.92 Å². The summed E-state index contributed by atoms with van der Waals surface area (Å²) in [7, 11) is 0. The maximum absolute atomic E-state index is 4.50. The Labute approximate surface area is 94.9 Å². The Bertz CT molecular complexity index is 469. The van der Waals surface area contributed by atoms with E-state index in [1.165, 1.54) is 0 Å².